The highest BCUT2D eigenvalue weighted by atomic mass is 35.5. The first kappa shape index (κ1) is 20.9. The second-order valence-corrected chi connectivity index (χ2v) is 8.95. The van der Waals surface area contributed by atoms with Crippen molar-refractivity contribution in [1.82, 2.24) is 5.32 Å². The van der Waals surface area contributed by atoms with Crippen molar-refractivity contribution in [3.63, 3.8) is 0 Å². The van der Waals surface area contributed by atoms with Crippen molar-refractivity contribution in [3.05, 3.63) is 69.5 Å². The van der Waals surface area contributed by atoms with Crippen molar-refractivity contribution in [2.24, 2.45) is 5.92 Å². The molecular formula is C20H19ClN2O5S. The Morgan fingerprint density at radius 2 is 1.86 bits per heavy atom. The maximum atomic E-state index is 12.8. The lowest BCUT2D eigenvalue weighted by molar-refractivity contribution is 0.0949. The van der Waals surface area contributed by atoms with E-state index < -0.39 is 15.6 Å². The SMILES string of the molecule is CC(C)CNC(=O)c1cc(NS(=O)(=O)c2ccc3oc(=O)ccc3c2)ccc1Cl. The summed E-state index contributed by atoms with van der Waals surface area (Å²) in [5, 5.41) is 3.44. The van der Waals surface area contributed by atoms with Gasteiger partial charge in [-0.2, -0.15) is 0 Å². The summed E-state index contributed by atoms with van der Waals surface area (Å²) >= 11 is 6.10. The van der Waals surface area contributed by atoms with Crippen LogP contribution in [-0.2, 0) is 10.0 Å². The fraction of sp³-hybridized carbons (Fsp3) is 0.200. The molecule has 1 aromatic heterocycles. The molecule has 0 bridgehead atoms. The van der Waals surface area contributed by atoms with Crippen molar-refractivity contribution < 1.29 is 17.6 Å². The van der Waals surface area contributed by atoms with Crippen LogP contribution in [0.15, 0.2) is 62.6 Å². The van der Waals surface area contributed by atoms with Gasteiger partial charge in [-0.25, -0.2) is 13.2 Å². The fourth-order valence-corrected chi connectivity index (χ4v) is 3.87. The molecule has 0 aliphatic carbocycles. The smallest absolute Gasteiger partial charge is 0.336 e. The van der Waals surface area contributed by atoms with E-state index in [1.165, 1.54) is 48.5 Å². The van der Waals surface area contributed by atoms with Crippen LogP contribution in [-0.4, -0.2) is 20.9 Å². The van der Waals surface area contributed by atoms with E-state index in [4.69, 9.17) is 16.0 Å². The molecule has 0 aliphatic rings. The van der Waals surface area contributed by atoms with Crippen LogP contribution in [0.1, 0.15) is 24.2 Å². The Kier molecular flexibility index (Phi) is 5.95. The molecule has 0 unspecified atom stereocenters. The van der Waals surface area contributed by atoms with Crippen LogP contribution < -0.4 is 15.7 Å². The molecule has 3 rings (SSSR count). The van der Waals surface area contributed by atoms with Crippen molar-refractivity contribution in [2.75, 3.05) is 11.3 Å². The molecule has 0 spiro atoms. The van der Waals surface area contributed by atoms with Gasteiger partial charge in [0.15, 0.2) is 0 Å². The zero-order valence-corrected chi connectivity index (χ0v) is 17.3. The van der Waals surface area contributed by atoms with E-state index in [2.05, 4.69) is 10.0 Å². The molecule has 9 heteroatoms. The monoisotopic (exact) mass is 434 g/mol. The summed E-state index contributed by atoms with van der Waals surface area (Å²) < 4.78 is 33.0. The van der Waals surface area contributed by atoms with E-state index in [0.29, 0.717) is 11.9 Å². The Morgan fingerprint density at radius 3 is 2.59 bits per heavy atom. The average Bonchev–Trinajstić information content (AvgIpc) is 2.66. The van der Waals surface area contributed by atoms with E-state index >= 15 is 0 Å². The van der Waals surface area contributed by atoms with Crippen molar-refractivity contribution in [3.8, 4) is 0 Å². The predicted octanol–water partition coefficient (Wildman–Crippen LogP) is 3.63. The zero-order chi connectivity index (χ0) is 21.2. The number of hydrogen-bond donors (Lipinski definition) is 2. The van der Waals surface area contributed by atoms with Gasteiger partial charge in [0, 0.05) is 23.7 Å². The molecule has 0 radical (unpaired) electrons. The van der Waals surface area contributed by atoms with E-state index in [1.807, 2.05) is 13.8 Å². The van der Waals surface area contributed by atoms with Crippen LogP contribution in [0.25, 0.3) is 11.0 Å². The molecule has 152 valence electrons. The highest BCUT2D eigenvalue weighted by Crippen LogP contribution is 2.24. The van der Waals surface area contributed by atoms with Gasteiger partial charge in [0.25, 0.3) is 15.9 Å². The molecule has 0 aliphatic heterocycles. The predicted molar refractivity (Wildman–Crippen MR) is 112 cm³/mol. The van der Waals surface area contributed by atoms with Gasteiger partial charge >= 0.3 is 5.63 Å². The number of nitrogens with one attached hydrogen (secondary N) is 2. The highest BCUT2D eigenvalue weighted by molar-refractivity contribution is 7.92. The van der Waals surface area contributed by atoms with E-state index in [1.54, 1.807) is 0 Å². The Balaban J connectivity index is 1.88. The van der Waals surface area contributed by atoms with Gasteiger partial charge in [-0.05, 0) is 48.4 Å². The third-order valence-electron chi connectivity index (χ3n) is 4.04. The fourth-order valence-electron chi connectivity index (χ4n) is 2.59. The standard InChI is InChI=1S/C20H19ClN2O5S/c1-12(2)11-22-20(25)16-10-14(4-6-17(16)21)23-29(26,27)15-5-7-18-13(9-15)3-8-19(24)28-18/h3-10,12,23H,11H2,1-2H3,(H,22,25). The number of rotatable bonds is 6. The molecule has 7 nitrogen and oxygen atoms in total. The number of fused-ring (bicyclic) bond motifs is 1. The number of amides is 1. The van der Waals surface area contributed by atoms with Crippen molar-refractivity contribution >= 4 is 44.2 Å². The Labute approximate surface area is 172 Å². The molecular weight excluding hydrogens is 416 g/mol. The normalized spacial score (nSPS) is 11.6. The third-order valence-corrected chi connectivity index (χ3v) is 5.74. The first-order valence-corrected chi connectivity index (χ1v) is 10.7. The third kappa shape index (κ3) is 4.96. The van der Waals surface area contributed by atoms with Crippen LogP contribution in [0.3, 0.4) is 0 Å². The number of sulfonamides is 1. The number of benzene rings is 2. The molecule has 0 fully saturated rings. The maximum Gasteiger partial charge on any atom is 0.336 e. The van der Waals surface area contributed by atoms with E-state index in [-0.39, 0.29) is 38.6 Å². The zero-order valence-electron chi connectivity index (χ0n) is 15.7. The minimum Gasteiger partial charge on any atom is -0.423 e. The van der Waals surface area contributed by atoms with Crippen LogP contribution in [0.5, 0.6) is 0 Å². The Bertz CT molecular complexity index is 1240. The summed E-state index contributed by atoms with van der Waals surface area (Å²) in [6.45, 7) is 4.39. The minimum absolute atomic E-state index is 0.0143. The molecule has 2 N–H and O–H groups in total. The van der Waals surface area contributed by atoms with Crippen molar-refractivity contribution in [1.29, 1.82) is 0 Å². The maximum absolute atomic E-state index is 12.8. The lowest BCUT2D eigenvalue weighted by Crippen LogP contribution is -2.27. The molecule has 29 heavy (non-hydrogen) atoms. The lowest BCUT2D eigenvalue weighted by Gasteiger charge is -2.12. The quantitative estimate of drug-likeness (QED) is 0.576. The molecule has 2 aromatic carbocycles. The number of hydrogen-bond acceptors (Lipinski definition) is 5. The van der Waals surface area contributed by atoms with Crippen LogP contribution in [0.4, 0.5) is 5.69 Å². The van der Waals surface area contributed by atoms with Crippen LogP contribution in [0.2, 0.25) is 5.02 Å². The summed E-state index contributed by atoms with van der Waals surface area (Å²) in [7, 11) is -3.94. The molecule has 3 aromatic rings. The van der Waals surface area contributed by atoms with Crippen molar-refractivity contribution in [2.45, 2.75) is 18.7 Å². The average molecular weight is 435 g/mol. The largest absolute Gasteiger partial charge is 0.423 e. The summed E-state index contributed by atoms with van der Waals surface area (Å²) in [6.07, 6.45) is 0. The van der Waals surface area contributed by atoms with E-state index in [0.717, 1.165) is 0 Å². The molecule has 1 amide bonds. The Morgan fingerprint density at radius 1 is 1.10 bits per heavy atom. The number of halogens is 1. The van der Waals surface area contributed by atoms with Gasteiger partial charge in [-0.3, -0.25) is 9.52 Å². The van der Waals surface area contributed by atoms with Gasteiger partial charge < -0.3 is 9.73 Å². The summed E-state index contributed by atoms with van der Waals surface area (Å²) in [5.74, 6) is -0.123. The van der Waals surface area contributed by atoms with Gasteiger partial charge in [-0.15, -0.1) is 0 Å². The first-order valence-electron chi connectivity index (χ1n) is 8.80. The highest BCUT2D eigenvalue weighted by Gasteiger charge is 2.18. The van der Waals surface area contributed by atoms with Crippen LogP contribution >= 0.6 is 11.6 Å². The van der Waals surface area contributed by atoms with Crippen LogP contribution in [0, 0.1) is 5.92 Å². The minimum atomic E-state index is -3.94. The topological polar surface area (TPSA) is 105 Å². The van der Waals surface area contributed by atoms with Gasteiger partial charge in [0.2, 0.25) is 0 Å². The molecule has 0 atom stereocenters. The van der Waals surface area contributed by atoms with Gasteiger partial charge in [-0.1, -0.05) is 25.4 Å². The molecule has 0 saturated heterocycles. The second kappa shape index (κ2) is 8.26. The summed E-state index contributed by atoms with van der Waals surface area (Å²) in [4.78, 5) is 23.6. The Hall–Kier alpha value is -2.84. The number of anilines is 1. The second-order valence-electron chi connectivity index (χ2n) is 6.86. The first-order chi connectivity index (χ1) is 13.7. The van der Waals surface area contributed by atoms with Gasteiger partial charge in [0.1, 0.15) is 5.58 Å². The molecule has 0 saturated carbocycles. The number of carbonyl (C=O) groups excluding carboxylic acids is 1. The van der Waals surface area contributed by atoms with E-state index in [9.17, 15) is 18.0 Å². The number of carbonyl (C=O) groups is 1. The lowest BCUT2D eigenvalue weighted by atomic mass is 10.1. The van der Waals surface area contributed by atoms with Gasteiger partial charge in [0.05, 0.1) is 15.5 Å². The summed E-state index contributed by atoms with van der Waals surface area (Å²) in [5.41, 5.74) is 0.138. The summed E-state index contributed by atoms with van der Waals surface area (Å²) in [6, 6.07) is 11.2. The molecule has 1 heterocycles.